The molecule has 3 heterocycles. The van der Waals surface area contributed by atoms with Crippen LogP contribution in [0.3, 0.4) is 0 Å². The number of ether oxygens (including phenoxy) is 2. The molecule has 0 amide bonds. The van der Waals surface area contributed by atoms with Gasteiger partial charge in [0.1, 0.15) is 0 Å². The zero-order valence-electron chi connectivity index (χ0n) is 12.2. The number of rotatable bonds is 4. The van der Waals surface area contributed by atoms with Crippen LogP contribution in [-0.2, 0) is 22.4 Å². The third-order valence-corrected chi connectivity index (χ3v) is 4.48. The van der Waals surface area contributed by atoms with E-state index in [1.807, 2.05) is 12.3 Å². The highest BCUT2D eigenvalue weighted by Gasteiger charge is 2.40. The number of nitrogens with zero attached hydrogens (tertiary/aromatic N) is 1. The van der Waals surface area contributed by atoms with Crippen molar-refractivity contribution in [2.24, 2.45) is 0 Å². The summed E-state index contributed by atoms with van der Waals surface area (Å²) in [5.41, 5.74) is 2.50. The molecule has 1 N–H and O–H groups in total. The first kappa shape index (κ1) is 14.0. The average molecular weight is 276 g/mol. The minimum absolute atomic E-state index is 0.0202. The van der Waals surface area contributed by atoms with E-state index in [9.17, 15) is 0 Å². The summed E-state index contributed by atoms with van der Waals surface area (Å²) in [7, 11) is 0. The van der Waals surface area contributed by atoms with Crippen molar-refractivity contribution in [1.82, 2.24) is 10.3 Å². The van der Waals surface area contributed by atoms with E-state index in [2.05, 4.69) is 23.3 Å². The van der Waals surface area contributed by atoms with E-state index in [1.165, 1.54) is 11.3 Å². The Morgan fingerprint density at radius 2 is 2.40 bits per heavy atom. The molecule has 0 aromatic carbocycles. The Balaban J connectivity index is 1.58. The van der Waals surface area contributed by atoms with Gasteiger partial charge in [-0.05, 0) is 30.9 Å². The molecule has 20 heavy (non-hydrogen) atoms. The SMILES string of the molecule is CCc1cccnc1CNC1CCOC2(CCOC2)C1. The van der Waals surface area contributed by atoms with Gasteiger partial charge >= 0.3 is 0 Å². The van der Waals surface area contributed by atoms with Crippen molar-refractivity contribution in [1.29, 1.82) is 0 Å². The highest BCUT2D eigenvalue weighted by Crippen LogP contribution is 2.32. The Morgan fingerprint density at radius 3 is 3.20 bits per heavy atom. The number of pyridine rings is 1. The number of hydrogen-bond acceptors (Lipinski definition) is 4. The number of aromatic nitrogens is 1. The summed E-state index contributed by atoms with van der Waals surface area (Å²) in [5.74, 6) is 0. The molecular weight excluding hydrogens is 252 g/mol. The van der Waals surface area contributed by atoms with E-state index in [1.54, 1.807) is 0 Å². The molecule has 2 unspecified atom stereocenters. The van der Waals surface area contributed by atoms with E-state index in [0.717, 1.165) is 52.0 Å². The van der Waals surface area contributed by atoms with Crippen LogP contribution in [0.1, 0.15) is 37.4 Å². The third-order valence-electron chi connectivity index (χ3n) is 4.48. The molecule has 0 radical (unpaired) electrons. The van der Waals surface area contributed by atoms with Crippen molar-refractivity contribution in [3.05, 3.63) is 29.6 Å². The lowest BCUT2D eigenvalue weighted by atomic mass is 9.89. The topological polar surface area (TPSA) is 43.4 Å². The Bertz CT molecular complexity index is 444. The molecule has 2 atom stereocenters. The van der Waals surface area contributed by atoms with Crippen LogP contribution < -0.4 is 5.32 Å². The van der Waals surface area contributed by atoms with Crippen LogP contribution in [-0.4, -0.2) is 36.4 Å². The molecule has 1 aromatic heterocycles. The van der Waals surface area contributed by atoms with Crippen LogP contribution >= 0.6 is 0 Å². The Hall–Kier alpha value is -0.970. The van der Waals surface area contributed by atoms with Gasteiger partial charge in [0.2, 0.25) is 0 Å². The Kier molecular flexibility index (Phi) is 4.34. The number of aryl methyl sites for hydroxylation is 1. The van der Waals surface area contributed by atoms with E-state index in [-0.39, 0.29) is 5.60 Å². The average Bonchev–Trinajstić information content (AvgIpc) is 2.93. The summed E-state index contributed by atoms with van der Waals surface area (Å²) in [6, 6.07) is 4.69. The zero-order chi connectivity index (χ0) is 13.8. The van der Waals surface area contributed by atoms with Crippen molar-refractivity contribution >= 4 is 0 Å². The smallest absolute Gasteiger partial charge is 0.0951 e. The monoisotopic (exact) mass is 276 g/mol. The van der Waals surface area contributed by atoms with E-state index in [4.69, 9.17) is 9.47 Å². The lowest BCUT2D eigenvalue weighted by molar-refractivity contribution is -0.0895. The van der Waals surface area contributed by atoms with Gasteiger partial charge < -0.3 is 14.8 Å². The second-order valence-corrected chi connectivity index (χ2v) is 5.87. The first-order valence-electron chi connectivity index (χ1n) is 7.69. The van der Waals surface area contributed by atoms with Gasteiger partial charge in [0.05, 0.1) is 17.9 Å². The number of nitrogens with one attached hydrogen (secondary N) is 1. The summed E-state index contributed by atoms with van der Waals surface area (Å²) < 4.78 is 11.5. The maximum atomic E-state index is 5.97. The van der Waals surface area contributed by atoms with Gasteiger partial charge in [-0.1, -0.05) is 13.0 Å². The zero-order valence-corrected chi connectivity index (χ0v) is 12.2. The molecule has 1 aromatic rings. The van der Waals surface area contributed by atoms with Gasteiger partial charge in [0.15, 0.2) is 0 Å². The van der Waals surface area contributed by atoms with Crippen molar-refractivity contribution in [3.63, 3.8) is 0 Å². The molecule has 0 saturated carbocycles. The first-order valence-corrected chi connectivity index (χ1v) is 7.69. The summed E-state index contributed by atoms with van der Waals surface area (Å²) in [5, 5.41) is 3.67. The van der Waals surface area contributed by atoms with E-state index >= 15 is 0 Å². The molecule has 1 spiro atoms. The van der Waals surface area contributed by atoms with Crippen LogP contribution in [0.25, 0.3) is 0 Å². The summed E-state index contributed by atoms with van der Waals surface area (Å²) in [4.78, 5) is 4.50. The summed E-state index contributed by atoms with van der Waals surface area (Å²) in [6.07, 6.45) is 6.09. The van der Waals surface area contributed by atoms with E-state index < -0.39 is 0 Å². The van der Waals surface area contributed by atoms with Gasteiger partial charge in [-0.15, -0.1) is 0 Å². The highest BCUT2D eigenvalue weighted by molar-refractivity contribution is 5.19. The van der Waals surface area contributed by atoms with Gasteiger partial charge in [-0.3, -0.25) is 4.98 Å². The van der Waals surface area contributed by atoms with Gasteiger partial charge in [0, 0.05) is 38.4 Å². The van der Waals surface area contributed by atoms with Crippen molar-refractivity contribution in [3.8, 4) is 0 Å². The standard InChI is InChI=1S/C16H24N2O2/c1-2-13-4-3-7-17-15(13)11-18-14-5-8-20-16(10-14)6-9-19-12-16/h3-4,7,14,18H,2,5-6,8-12H2,1H3. The largest absolute Gasteiger partial charge is 0.378 e. The van der Waals surface area contributed by atoms with Crippen molar-refractivity contribution < 1.29 is 9.47 Å². The highest BCUT2D eigenvalue weighted by atomic mass is 16.6. The molecular formula is C16H24N2O2. The van der Waals surface area contributed by atoms with Crippen LogP contribution in [0.4, 0.5) is 0 Å². The molecule has 2 aliphatic heterocycles. The molecule has 4 heteroatoms. The fourth-order valence-electron chi connectivity index (χ4n) is 3.26. The normalized spacial score (nSPS) is 29.9. The van der Waals surface area contributed by atoms with E-state index in [0.29, 0.717) is 6.04 Å². The van der Waals surface area contributed by atoms with Crippen LogP contribution in [0.15, 0.2) is 18.3 Å². The predicted octanol–water partition coefficient (Wildman–Crippen LogP) is 2.07. The molecule has 2 saturated heterocycles. The third kappa shape index (κ3) is 3.03. The second-order valence-electron chi connectivity index (χ2n) is 5.87. The fourth-order valence-corrected chi connectivity index (χ4v) is 3.26. The molecule has 4 nitrogen and oxygen atoms in total. The summed E-state index contributed by atoms with van der Waals surface area (Å²) >= 11 is 0. The maximum Gasteiger partial charge on any atom is 0.0951 e. The van der Waals surface area contributed by atoms with Crippen LogP contribution in [0.2, 0.25) is 0 Å². The molecule has 3 rings (SSSR count). The van der Waals surface area contributed by atoms with Gasteiger partial charge in [0.25, 0.3) is 0 Å². The molecule has 0 aliphatic carbocycles. The Labute approximate surface area is 120 Å². The minimum atomic E-state index is -0.0202. The van der Waals surface area contributed by atoms with Gasteiger partial charge in [-0.2, -0.15) is 0 Å². The minimum Gasteiger partial charge on any atom is -0.378 e. The van der Waals surface area contributed by atoms with Crippen LogP contribution in [0.5, 0.6) is 0 Å². The predicted molar refractivity (Wildman–Crippen MR) is 77.6 cm³/mol. The molecule has 2 aliphatic rings. The fraction of sp³-hybridized carbons (Fsp3) is 0.688. The lowest BCUT2D eigenvalue weighted by Crippen LogP contribution is -2.47. The lowest BCUT2D eigenvalue weighted by Gasteiger charge is -2.37. The molecule has 110 valence electrons. The van der Waals surface area contributed by atoms with Crippen LogP contribution in [0, 0.1) is 0 Å². The quantitative estimate of drug-likeness (QED) is 0.914. The van der Waals surface area contributed by atoms with Crippen molar-refractivity contribution in [2.75, 3.05) is 19.8 Å². The van der Waals surface area contributed by atoms with Crippen molar-refractivity contribution in [2.45, 2.75) is 50.8 Å². The second kappa shape index (κ2) is 6.20. The summed E-state index contributed by atoms with van der Waals surface area (Å²) in [6.45, 7) is 5.47. The molecule has 2 fully saturated rings. The first-order chi connectivity index (χ1) is 9.81. The van der Waals surface area contributed by atoms with Gasteiger partial charge in [-0.25, -0.2) is 0 Å². The maximum absolute atomic E-state index is 5.97. The Morgan fingerprint density at radius 1 is 1.45 bits per heavy atom. The number of hydrogen-bond donors (Lipinski definition) is 1. The molecule has 0 bridgehead atoms.